The summed E-state index contributed by atoms with van der Waals surface area (Å²) in [6, 6.07) is 9.74. The van der Waals surface area contributed by atoms with Gasteiger partial charge in [-0.3, -0.25) is 14.9 Å². The first-order valence-corrected chi connectivity index (χ1v) is 8.51. The highest BCUT2D eigenvalue weighted by Crippen LogP contribution is 2.28. The molecule has 2 heterocycles. The predicted molar refractivity (Wildman–Crippen MR) is 96.2 cm³/mol. The van der Waals surface area contributed by atoms with E-state index in [4.69, 9.17) is 9.15 Å². The Hall–Kier alpha value is -3.20. The maximum absolute atomic E-state index is 12.2. The second-order valence-electron chi connectivity index (χ2n) is 5.31. The first-order chi connectivity index (χ1) is 12.6. The van der Waals surface area contributed by atoms with Crippen LogP contribution in [0.2, 0.25) is 0 Å². The van der Waals surface area contributed by atoms with E-state index in [0.717, 1.165) is 5.56 Å². The van der Waals surface area contributed by atoms with E-state index in [1.165, 1.54) is 23.7 Å². The molecule has 9 heteroatoms. The zero-order valence-corrected chi connectivity index (χ0v) is 14.9. The summed E-state index contributed by atoms with van der Waals surface area (Å²) in [6.07, 6.45) is 1.39. The molecule has 2 N–H and O–H groups in total. The molecule has 0 aliphatic heterocycles. The summed E-state index contributed by atoms with van der Waals surface area (Å²) in [6.45, 7) is 1.57. The molecule has 0 bridgehead atoms. The molecule has 1 unspecified atom stereocenters. The van der Waals surface area contributed by atoms with Crippen molar-refractivity contribution in [2.24, 2.45) is 0 Å². The lowest BCUT2D eigenvalue weighted by molar-refractivity contribution is -0.117. The fraction of sp³-hybridized carbons (Fsp3) is 0.176. The van der Waals surface area contributed by atoms with Crippen molar-refractivity contribution in [3.8, 4) is 16.3 Å². The molecule has 0 saturated heterocycles. The van der Waals surface area contributed by atoms with Crippen molar-refractivity contribution in [1.29, 1.82) is 0 Å². The quantitative estimate of drug-likeness (QED) is 0.689. The molecule has 0 aliphatic rings. The molecule has 0 radical (unpaired) electrons. The first-order valence-electron chi connectivity index (χ1n) is 7.70. The number of rotatable bonds is 6. The maximum Gasteiger partial charge on any atom is 0.287 e. The molecule has 3 aromatic rings. The van der Waals surface area contributed by atoms with Crippen molar-refractivity contribution in [1.82, 2.24) is 15.5 Å². The highest BCUT2D eigenvalue weighted by atomic mass is 32.1. The number of carbonyl (C=O) groups excluding carboxylic acids is 2. The van der Waals surface area contributed by atoms with Crippen LogP contribution < -0.4 is 15.4 Å². The summed E-state index contributed by atoms with van der Waals surface area (Å²) in [7, 11) is 1.59. The fourth-order valence-corrected chi connectivity index (χ4v) is 2.84. The average molecular weight is 372 g/mol. The molecular formula is C17H16N4O4S. The molecule has 0 saturated carbocycles. The van der Waals surface area contributed by atoms with Crippen LogP contribution in [0.1, 0.15) is 17.5 Å². The SMILES string of the molecule is COc1cccc(-c2nnc(NC(=O)C(C)NC(=O)c3ccco3)s2)c1. The van der Waals surface area contributed by atoms with Crippen molar-refractivity contribution >= 4 is 28.3 Å². The van der Waals surface area contributed by atoms with Crippen molar-refractivity contribution in [2.45, 2.75) is 13.0 Å². The summed E-state index contributed by atoms with van der Waals surface area (Å²) in [5.74, 6) is -0.0244. The molecule has 0 fully saturated rings. The molecule has 3 rings (SSSR count). The van der Waals surface area contributed by atoms with Gasteiger partial charge < -0.3 is 14.5 Å². The number of furan rings is 1. The number of anilines is 1. The monoisotopic (exact) mass is 372 g/mol. The third-order valence-corrected chi connectivity index (χ3v) is 4.35. The lowest BCUT2D eigenvalue weighted by Crippen LogP contribution is -2.41. The van der Waals surface area contributed by atoms with Gasteiger partial charge in [0, 0.05) is 5.56 Å². The smallest absolute Gasteiger partial charge is 0.287 e. The van der Waals surface area contributed by atoms with Crippen molar-refractivity contribution < 1.29 is 18.7 Å². The Morgan fingerprint density at radius 3 is 2.81 bits per heavy atom. The number of ether oxygens (including phenoxy) is 1. The number of carbonyl (C=O) groups is 2. The zero-order chi connectivity index (χ0) is 18.5. The Bertz CT molecular complexity index is 907. The molecule has 2 aromatic heterocycles. The lowest BCUT2D eigenvalue weighted by atomic mass is 10.2. The Kier molecular flexibility index (Phi) is 5.28. The highest BCUT2D eigenvalue weighted by molar-refractivity contribution is 7.18. The lowest BCUT2D eigenvalue weighted by Gasteiger charge is -2.11. The number of methoxy groups -OCH3 is 1. The van der Waals surface area contributed by atoms with Gasteiger partial charge in [0.15, 0.2) is 5.76 Å². The van der Waals surface area contributed by atoms with E-state index >= 15 is 0 Å². The van der Waals surface area contributed by atoms with Gasteiger partial charge in [-0.1, -0.05) is 23.5 Å². The number of aromatic nitrogens is 2. The number of amides is 2. The molecule has 1 aromatic carbocycles. The number of nitrogens with one attached hydrogen (secondary N) is 2. The van der Waals surface area contributed by atoms with E-state index in [2.05, 4.69) is 20.8 Å². The van der Waals surface area contributed by atoms with Crippen LogP contribution in [0.15, 0.2) is 47.1 Å². The third-order valence-electron chi connectivity index (χ3n) is 3.46. The molecule has 2 amide bonds. The molecule has 0 spiro atoms. The molecule has 0 aliphatic carbocycles. The number of benzene rings is 1. The summed E-state index contributed by atoms with van der Waals surface area (Å²) in [4.78, 5) is 24.1. The van der Waals surface area contributed by atoms with E-state index in [1.54, 1.807) is 20.1 Å². The van der Waals surface area contributed by atoms with Crippen LogP contribution in [0.5, 0.6) is 5.75 Å². The van der Waals surface area contributed by atoms with Crippen LogP contribution in [0.25, 0.3) is 10.6 Å². The third kappa shape index (κ3) is 4.06. The summed E-state index contributed by atoms with van der Waals surface area (Å²) in [5.41, 5.74) is 0.835. The van der Waals surface area contributed by atoms with Gasteiger partial charge in [-0.25, -0.2) is 0 Å². The van der Waals surface area contributed by atoms with E-state index in [-0.39, 0.29) is 5.76 Å². The van der Waals surface area contributed by atoms with Gasteiger partial charge in [0.2, 0.25) is 11.0 Å². The maximum atomic E-state index is 12.2. The van der Waals surface area contributed by atoms with Gasteiger partial charge >= 0.3 is 0 Å². The molecule has 1 atom stereocenters. The Morgan fingerprint density at radius 1 is 1.23 bits per heavy atom. The van der Waals surface area contributed by atoms with Crippen LogP contribution in [-0.2, 0) is 4.79 Å². The number of hydrogen-bond acceptors (Lipinski definition) is 7. The Balaban J connectivity index is 1.62. The summed E-state index contributed by atoms with van der Waals surface area (Å²) < 4.78 is 10.2. The zero-order valence-electron chi connectivity index (χ0n) is 14.1. The summed E-state index contributed by atoms with van der Waals surface area (Å²) in [5, 5.41) is 14.2. The van der Waals surface area contributed by atoms with Gasteiger partial charge in [0.05, 0.1) is 13.4 Å². The van der Waals surface area contributed by atoms with E-state index in [1.807, 2.05) is 24.3 Å². The topological polar surface area (TPSA) is 106 Å². The normalized spacial score (nSPS) is 11.6. The minimum atomic E-state index is -0.767. The highest BCUT2D eigenvalue weighted by Gasteiger charge is 2.19. The molecule has 26 heavy (non-hydrogen) atoms. The second-order valence-corrected chi connectivity index (χ2v) is 6.28. The van der Waals surface area contributed by atoms with Gasteiger partial charge in [0.1, 0.15) is 16.8 Å². The number of hydrogen-bond donors (Lipinski definition) is 2. The predicted octanol–water partition coefficient (Wildman–Crippen LogP) is 2.56. The molecular weight excluding hydrogens is 356 g/mol. The van der Waals surface area contributed by atoms with E-state index < -0.39 is 17.9 Å². The standard InChI is InChI=1S/C17H16N4O4S/c1-10(18-15(23)13-7-4-8-25-13)14(22)19-17-21-20-16(26-17)11-5-3-6-12(9-11)24-2/h3-10H,1-2H3,(H,18,23)(H,19,21,22). The largest absolute Gasteiger partial charge is 0.497 e. The van der Waals surface area contributed by atoms with Gasteiger partial charge in [-0.05, 0) is 31.2 Å². The minimum absolute atomic E-state index is 0.140. The van der Waals surface area contributed by atoms with Crippen LogP contribution in [0, 0.1) is 0 Å². The van der Waals surface area contributed by atoms with Crippen molar-refractivity contribution in [3.63, 3.8) is 0 Å². The van der Waals surface area contributed by atoms with Crippen molar-refractivity contribution in [2.75, 3.05) is 12.4 Å². The van der Waals surface area contributed by atoms with Gasteiger partial charge in [0.25, 0.3) is 5.91 Å². The average Bonchev–Trinajstić information content (AvgIpc) is 3.33. The Labute approximate surface area is 153 Å². The molecule has 134 valence electrons. The summed E-state index contributed by atoms with van der Waals surface area (Å²) >= 11 is 1.23. The van der Waals surface area contributed by atoms with Crippen LogP contribution in [0.3, 0.4) is 0 Å². The fourth-order valence-electron chi connectivity index (χ4n) is 2.10. The second kappa shape index (κ2) is 7.79. The first kappa shape index (κ1) is 17.6. The van der Waals surface area contributed by atoms with Crippen LogP contribution in [0.4, 0.5) is 5.13 Å². The van der Waals surface area contributed by atoms with Gasteiger partial charge in [-0.15, -0.1) is 10.2 Å². The van der Waals surface area contributed by atoms with E-state index in [0.29, 0.717) is 15.9 Å². The van der Waals surface area contributed by atoms with E-state index in [9.17, 15) is 9.59 Å². The van der Waals surface area contributed by atoms with Gasteiger partial charge in [-0.2, -0.15) is 0 Å². The Morgan fingerprint density at radius 2 is 2.08 bits per heavy atom. The van der Waals surface area contributed by atoms with Crippen LogP contribution >= 0.6 is 11.3 Å². The molecule has 8 nitrogen and oxygen atoms in total. The van der Waals surface area contributed by atoms with Crippen LogP contribution in [-0.4, -0.2) is 35.2 Å². The minimum Gasteiger partial charge on any atom is -0.497 e. The number of nitrogens with zero attached hydrogens (tertiary/aromatic N) is 2. The van der Waals surface area contributed by atoms with Crippen molar-refractivity contribution in [3.05, 3.63) is 48.4 Å².